The lowest BCUT2D eigenvalue weighted by atomic mass is 9.73. The molecule has 1 aromatic carbocycles. The van der Waals surface area contributed by atoms with Crippen LogP contribution in [0.25, 0.3) is 0 Å². The monoisotopic (exact) mass is 406 g/mol. The van der Waals surface area contributed by atoms with Crippen molar-refractivity contribution >= 4 is 36.4 Å². The van der Waals surface area contributed by atoms with Crippen LogP contribution in [0.15, 0.2) is 24.3 Å². The highest BCUT2D eigenvalue weighted by Crippen LogP contribution is 2.40. The molecule has 5 heteroatoms. The molecule has 1 aliphatic heterocycles. The zero-order valence-corrected chi connectivity index (χ0v) is 17.4. The first-order valence-electron chi connectivity index (χ1n) is 9.52. The number of nitrogens with one attached hydrogen (secondary N) is 2. The van der Waals surface area contributed by atoms with Gasteiger partial charge in [-0.05, 0) is 87.7 Å². The summed E-state index contributed by atoms with van der Waals surface area (Å²) in [7, 11) is 0. The lowest BCUT2D eigenvalue weighted by Gasteiger charge is -2.32. The maximum atomic E-state index is 6.21. The lowest BCUT2D eigenvalue weighted by molar-refractivity contribution is 0.280. The first-order valence-corrected chi connectivity index (χ1v) is 9.90. The van der Waals surface area contributed by atoms with Crippen molar-refractivity contribution in [1.29, 1.82) is 0 Å². The van der Waals surface area contributed by atoms with Crippen molar-refractivity contribution in [1.82, 2.24) is 10.6 Å². The Morgan fingerprint density at radius 3 is 2.56 bits per heavy atom. The van der Waals surface area contributed by atoms with E-state index in [9.17, 15) is 0 Å². The number of hydrogen-bond acceptors (Lipinski definition) is 2. The highest BCUT2D eigenvalue weighted by molar-refractivity contribution is 6.30. The molecule has 0 spiro atoms. The molecule has 0 bridgehead atoms. The fourth-order valence-corrected chi connectivity index (χ4v) is 4.62. The van der Waals surface area contributed by atoms with Gasteiger partial charge in [0.1, 0.15) is 0 Å². The second-order valence-electron chi connectivity index (χ2n) is 7.33. The minimum Gasteiger partial charge on any atom is -0.317 e. The normalized spacial score (nSPS) is 24.2. The zero-order chi connectivity index (χ0) is 15.9. The van der Waals surface area contributed by atoms with Crippen LogP contribution in [0.5, 0.6) is 0 Å². The Labute approximate surface area is 170 Å². The highest BCUT2D eigenvalue weighted by Gasteiger charge is 2.26. The van der Waals surface area contributed by atoms with Gasteiger partial charge in [0.2, 0.25) is 0 Å². The molecule has 1 aromatic rings. The van der Waals surface area contributed by atoms with Gasteiger partial charge in [-0.1, -0.05) is 36.6 Å². The molecule has 1 saturated carbocycles. The molecule has 1 aliphatic carbocycles. The molecule has 2 unspecified atom stereocenters. The van der Waals surface area contributed by atoms with Gasteiger partial charge in [-0.15, -0.1) is 24.8 Å². The number of piperidine rings is 1. The summed E-state index contributed by atoms with van der Waals surface area (Å²) in [5.74, 6) is 1.57. The van der Waals surface area contributed by atoms with Crippen LogP contribution in [0, 0.1) is 5.92 Å². The van der Waals surface area contributed by atoms with Gasteiger partial charge in [0, 0.05) is 11.1 Å². The summed E-state index contributed by atoms with van der Waals surface area (Å²) in [6.45, 7) is 3.54. The molecule has 0 aromatic heterocycles. The van der Waals surface area contributed by atoms with E-state index in [2.05, 4.69) is 28.8 Å². The van der Waals surface area contributed by atoms with E-state index >= 15 is 0 Å². The smallest absolute Gasteiger partial charge is 0.0408 e. The fraction of sp³-hybridized carbons (Fsp3) is 0.700. The van der Waals surface area contributed by atoms with E-state index in [1.807, 2.05) is 6.07 Å². The molecule has 0 radical (unpaired) electrons. The molecule has 2 nitrogen and oxygen atoms in total. The van der Waals surface area contributed by atoms with Crippen LogP contribution in [0.1, 0.15) is 62.8 Å². The number of benzene rings is 1. The van der Waals surface area contributed by atoms with E-state index in [0.717, 1.165) is 22.9 Å². The van der Waals surface area contributed by atoms with Gasteiger partial charge >= 0.3 is 0 Å². The number of rotatable bonds is 6. The van der Waals surface area contributed by atoms with Gasteiger partial charge in [-0.2, -0.15) is 0 Å². The van der Waals surface area contributed by atoms with Gasteiger partial charge in [0.25, 0.3) is 0 Å². The molecule has 144 valence electrons. The number of halogens is 3. The second-order valence-corrected chi connectivity index (χ2v) is 7.76. The molecule has 2 aliphatic rings. The first-order chi connectivity index (χ1) is 11.3. The Kier molecular flexibility index (Phi) is 11.4. The molecule has 0 amide bonds. The predicted octanol–water partition coefficient (Wildman–Crippen LogP) is 5.58. The molecule has 1 heterocycles. The summed E-state index contributed by atoms with van der Waals surface area (Å²) >= 11 is 6.21. The van der Waals surface area contributed by atoms with Crippen molar-refractivity contribution in [2.24, 2.45) is 5.92 Å². The van der Waals surface area contributed by atoms with Crippen LogP contribution in [0.2, 0.25) is 5.02 Å². The molecule has 3 rings (SSSR count). The van der Waals surface area contributed by atoms with Crippen molar-refractivity contribution in [3.8, 4) is 0 Å². The molecule has 2 atom stereocenters. The van der Waals surface area contributed by atoms with Gasteiger partial charge in [-0.25, -0.2) is 0 Å². The summed E-state index contributed by atoms with van der Waals surface area (Å²) in [5.41, 5.74) is 1.47. The van der Waals surface area contributed by atoms with Crippen molar-refractivity contribution in [2.45, 2.75) is 63.3 Å². The molecular formula is C20H33Cl3N2. The fourth-order valence-electron chi connectivity index (χ4n) is 4.43. The quantitative estimate of drug-likeness (QED) is 0.601. The van der Waals surface area contributed by atoms with E-state index in [4.69, 9.17) is 11.6 Å². The maximum absolute atomic E-state index is 6.21. The molecule has 2 N–H and O–H groups in total. The average Bonchev–Trinajstić information content (AvgIpc) is 2.60. The minimum atomic E-state index is 0. The summed E-state index contributed by atoms with van der Waals surface area (Å²) in [6, 6.07) is 9.32. The van der Waals surface area contributed by atoms with Gasteiger partial charge in [0.15, 0.2) is 0 Å². The SMILES string of the molecule is Cl.Cl.Clc1cccc(C2CCCCC2CCCNC2CCNCC2)c1. The predicted molar refractivity (Wildman–Crippen MR) is 114 cm³/mol. The zero-order valence-electron chi connectivity index (χ0n) is 15.0. The summed E-state index contributed by atoms with van der Waals surface area (Å²) in [6.07, 6.45) is 10.8. The third-order valence-corrected chi connectivity index (χ3v) is 5.94. The van der Waals surface area contributed by atoms with E-state index in [-0.39, 0.29) is 24.8 Å². The van der Waals surface area contributed by atoms with E-state index in [0.29, 0.717) is 0 Å². The standard InChI is InChI=1S/C20H31ClN2.2ClH/c21-18-8-3-6-17(15-18)20-9-2-1-5-16(20)7-4-12-23-19-10-13-22-14-11-19;;/h3,6,8,15-16,19-20,22-23H,1-2,4-5,7,9-14H2;2*1H. The van der Waals surface area contributed by atoms with E-state index in [1.165, 1.54) is 76.6 Å². The molecule has 2 fully saturated rings. The van der Waals surface area contributed by atoms with Crippen molar-refractivity contribution in [3.05, 3.63) is 34.9 Å². The Morgan fingerprint density at radius 1 is 1.04 bits per heavy atom. The van der Waals surface area contributed by atoms with Crippen LogP contribution in [-0.2, 0) is 0 Å². The van der Waals surface area contributed by atoms with Crippen LogP contribution in [0.3, 0.4) is 0 Å². The largest absolute Gasteiger partial charge is 0.317 e. The third-order valence-electron chi connectivity index (χ3n) is 5.71. The number of hydrogen-bond donors (Lipinski definition) is 2. The van der Waals surface area contributed by atoms with Crippen molar-refractivity contribution in [2.75, 3.05) is 19.6 Å². The van der Waals surface area contributed by atoms with Crippen LogP contribution in [-0.4, -0.2) is 25.7 Å². The highest BCUT2D eigenvalue weighted by atomic mass is 35.5. The third kappa shape index (κ3) is 7.27. The van der Waals surface area contributed by atoms with Crippen molar-refractivity contribution in [3.63, 3.8) is 0 Å². The summed E-state index contributed by atoms with van der Waals surface area (Å²) < 4.78 is 0. The maximum Gasteiger partial charge on any atom is 0.0408 e. The van der Waals surface area contributed by atoms with Gasteiger partial charge in [-0.3, -0.25) is 0 Å². The Morgan fingerprint density at radius 2 is 1.80 bits per heavy atom. The van der Waals surface area contributed by atoms with Crippen LogP contribution >= 0.6 is 36.4 Å². The van der Waals surface area contributed by atoms with Gasteiger partial charge < -0.3 is 10.6 Å². The Balaban J connectivity index is 0.00000156. The van der Waals surface area contributed by atoms with E-state index in [1.54, 1.807) is 0 Å². The lowest BCUT2D eigenvalue weighted by Crippen LogP contribution is -2.40. The van der Waals surface area contributed by atoms with Crippen molar-refractivity contribution < 1.29 is 0 Å². The molecule has 25 heavy (non-hydrogen) atoms. The topological polar surface area (TPSA) is 24.1 Å². The molecular weight excluding hydrogens is 375 g/mol. The second kappa shape index (κ2) is 12.4. The van der Waals surface area contributed by atoms with Gasteiger partial charge in [0.05, 0.1) is 0 Å². The summed E-state index contributed by atoms with van der Waals surface area (Å²) in [4.78, 5) is 0. The van der Waals surface area contributed by atoms with Crippen LogP contribution < -0.4 is 10.6 Å². The first kappa shape index (κ1) is 23.0. The van der Waals surface area contributed by atoms with Crippen LogP contribution in [0.4, 0.5) is 0 Å². The average molecular weight is 408 g/mol. The minimum absolute atomic E-state index is 0. The van der Waals surface area contributed by atoms with E-state index < -0.39 is 0 Å². The molecule has 1 saturated heterocycles. The summed E-state index contributed by atoms with van der Waals surface area (Å²) in [5, 5.41) is 8.09. The Hall–Kier alpha value is 0.01000. The Bertz CT molecular complexity index is 478.